The molecule has 1 fully saturated rings. The van der Waals surface area contributed by atoms with E-state index in [4.69, 9.17) is 9.47 Å². The summed E-state index contributed by atoms with van der Waals surface area (Å²) in [6, 6.07) is -0.615. The summed E-state index contributed by atoms with van der Waals surface area (Å²) in [4.78, 5) is 24.3. The van der Waals surface area contributed by atoms with Crippen LogP contribution in [0.3, 0.4) is 0 Å². The van der Waals surface area contributed by atoms with Gasteiger partial charge in [0.25, 0.3) is 0 Å². The molecule has 0 aliphatic carbocycles. The number of ether oxygens (including phenoxy) is 2. The average Bonchev–Trinajstić information content (AvgIpc) is 2.86. The normalized spacial score (nSPS) is 22.1. The van der Waals surface area contributed by atoms with Gasteiger partial charge in [-0.15, -0.1) is 0 Å². The fraction of sp³-hybridized carbons (Fsp3) is 0.867. The van der Waals surface area contributed by atoms with Crippen molar-refractivity contribution in [2.75, 3.05) is 6.61 Å². The molecule has 5 nitrogen and oxygen atoms in total. The Balaban J connectivity index is 2.68. The predicted octanol–water partition coefficient (Wildman–Crippen LogP) is 2.04. The van der Waals surface area contributed by atoms with Crippen LogP contribution >= 0.6 is 0 Å². The van der Waals surface area contributed by atoms with Crippen LogP contribution in [0.15, 0.2) is 0 Å². The number of amides is 1. The minimum absolute atomic E-state index is 0.0233. The first-order chi connectivity index (χ1) is 9.24. The molecule has 20 heavy (non-hydrogen) atoms. The van der Waals surface area contributed by atoms with E-state index in [1.807, 2.05) is 34.6 Å². The van der Waals surface area contributed by atoms with Gasteiger partial charge in [-0.2, -0.15) is 0 Å². The van der Waals surface area contributed by atoms with E-state index in [9.17, 15) is 9.59 Å². The van der Waals surface area contributed by atoms with Gasteiger partial charge in [-0.25, -0.2) is 4.79 Å². The lowest BCUT2D eigenvalue weighted by Crippen LogP contribution is -2.50. The monoisotopic (exact) mass is 285 g/mol. The lowest BCUT2D eigenvalue weighted by atomic mass is 9.98. The Hall–Kier alpha value is -1.10. The van der Waals surface area contributed by atoms with Crippen LogP contribution in [0.25, 0.3) is 0 Å². The van der Waals surface area contributed by atoms with E-state index in [-0.39, 0.29) is 17.8 Å². The fourth-order valence-electron chi connectivity index (χ4n) is 2.07. The second kappa shape index (κ2) is 7.07. The number of hydrogen-bond donors (Lipinski definition) is 1. The molecule has 0 saturated carbocycles. The van der Waals surface area contributed by atoms with E-state index < -0.39 is 17.7 Å². The molecule has 1 amide bonds. The highest BCUT2D eigenvalue weighted by Crippen LogP contribution is 2.17. The predicted molar refractivity (Wildman–Crippen MR) is 76.2 cm³/mol. The largest absolute Gasteiger partial charge is 0.458 e. The first kappa shape index (κ1) is 17.0. The molecule has 1 rings (SSSR count). The molecule has 0 aromatic carbocycles. The first-order valence-electron chi connectivity index (χ1n) is 7.39. The molecule has 116 valence electrons. The molecule has 0 radical (unpaired) electrons. The third kappa shape index (κ3) is 5.12. The van der Waals surface area contributed by atoms with Crippen molar-refractivity contribution in [2.24, 2.45) is 5.92 Å². The third-order valence-electron chi connectivity index (χ3n) is 3.39. The van der Waals surface area contributed by atoms with E-state index in [0.29, 0.717) is 13.0 Å². The van der Waals surface area contributed by atoms with Crippen LogP contribution in [-0.2, 0) is 19.1 Å². The quantitative estimate of drug-likeness (QED) is 0.785. The molecule has 1 heterocycles. The summed E-state index contributed by atoms with van der Waals surface area (Å²) < 4.78 is 10.7. The Kier molecular flexibility index (Phi) is 5.99. The van der Waals surface area contributed by atoms with Crippen molar-refractivity contribution in [3.05, 3.63) is 0 Å². The van der Waals surface area contributed by atoms with E-state index >= 15 is 0 Å². The smallest absolute Gasteiger partial charge is 0.329 e. The molecular formula is C15H27NO4. The van der Waals surface area contributed by atoms with Gasteiger partial charge in [0.1, 0.15) is 17.7 Å². The van der Waals surface area contributed by atoms with Gasteiger partial charge in [-0.3, -0.25) is 4.79 Å². The fourth-order valence-corrected chi connectivity index (χ4v) is 2.07. The zero-order chi connectivity index (χ0) is 15.3. The molecule has 1 aliphatic heterocycles. The molecule has 1 N–H and O–H groups in total. The summed E-state index contributed by atoms with van der Waals surface area (Å²) in [5.74, 6) is -0.563. The van der Waals surface area contributed by atoms with Crippen LogP contribution in [-0.4, -0.2) is 36.2 Å². The van der Waals surface area contributed by atoms with Gasteiger partial charge in [0.15, 0.2) is 0 Å². The zero-order valence-corrected chi connectivity index (χ0v) is 13.2. The maximum Gasteiger partial charge on any atom is 0.329 e. The van der Waals surface area contributed by atoms with Gasteiger partial charge in [-0.05, 0) is 39.5 Å². The van der Waals surface area contributed by atoms with E-state index in [1.54, 1.807) is 0 Å². The summed E-state index contributed by atoms with van der Waals surface area (Å²) in [6.07, 6.45) is 1.96. The summed E-state index contributed by atoms with van der Waals surface area (Å²) in [5, 5.41) is 2.79. The molecular weight excluding hydrogens is 258 g/mol. The molecule has 0 bridgehead atoms. The number of hydrogen-bond acceptors (Lipinski definition) is 4. The summed E-state index contributed by atoms with van der Waals surface area (Å²) in [6.45, 7) is 9.99. The van der Waals surface area contributed by atoms with Gasteiger partial charge < -0.3 is 14.8 Å². The van der Waals surface area contributed by atoms with Gasteiger partial charge in [-0.1, -0.05) is 20.3 Å². The van der Waals surface area contributed by atoms with E-state index in [1.165, 1.54) is 0 Å². The van der Waals surface area contributed by atoms with Gasteiger partial charge in [0.05, 0.1) is 0 Å². The molecule has 5 heteroatoms. The number of carbonyl (C=O) groups excluding carboxylic acids is 2. The van der Waals surface area contributed by atoms with Gasteiger partial charge >= 0.3 is 5.97 Å². The minimum Gasteiger partial charge on any atom is -0.458 e. The number of esters is 1. The lowest BCUT2D eigenvalue weighted by molar-refractivity contribution is -0.160. The van der Waals surface area contributed by atoms with Crippen molar-refractivity contribution in [3.63, 3.8) is 0 Å². The topological polar surface area (TPSA) is 64.6 Å². The summed E-state index contributed by atoms with van der Waals surface area (Å²) >= 11 is 0. The van der Waals surface area contributed by atoms with Crippen LogP contribution in [0.1, 0.15) is 53.9 Å². The van der Waals surface area contributed by atoms with Crippen LogP contribution in [0, 0.1) is 5.92 Å². The summed E-state index contributed by atoms with van der Waals surface area (Å²) in [7, 11) is 0. The van der Waals surface area contributed by atoms with Crippen molar-refractivity contribution in [1.29, 1.82) is 0 Å². The van der Waals surface area contributed by atoms with Gasteiger partial charge in [0.2, 0.25) is 5.91 Å². The second-order valence-electron chi connectivity index (χ2n) is 6.41. The van der Waals surface area contributed by atoms with E-state index in [0.717, 1.165) is 12.8 Å². The molecule has 1 aliphatic rings. The molecule has 1 saturated heterocycles. The van der Waals surface area contributed by atoms with Crippen molar-refractivity contribution in [3.8, 4) is 0 Å². The highest BCUT2D eigenvalue weighted by molar-refractivity contribution is 5.87. The average molecular weight is 285 g/mol. The molecule has 0 unspecified atom stereocenters. The first-order valence-corrected chi connectivity index (χ1v) is 7.39. The van der Waals surface area contributed by atoms with Crippen LogP contribution < -0.4 is 5.32 Å². The van der Waals surface area contributed by atoms with E-state index in [2.05, 4.69) is 5.32 Å². The maximum absolute atomic E-state index is 12.2. The standard InChI is InChI=1S/C15H27NO4/c1-6-10(2)12(14(18)20-15(3,4)5)16-13(17)11-8-7-9-19-11/h10-12H,6-9H2,1-5H3,(H,16,17)/t10-,11+,12-/m0/s1. The third-order valence-corrected chi connectivity index (χ3v) is 3.39. The Morgan fingerprint density at radius 2 is 2.05 bits per heavy atom. The second-order valence-corrected chi connectivity index (χ2v) is 6.41. The SMILES string of the molecule is CC[C@H](C)[C@H](NC(=O)[C@H]1CCCO1)C(=O)OC(C)(C)C. The Morgan fingerprint density at radius 1 is 1.40 bits per heavy atom. The van der Waals surface area contributed by atoms with Crippen LogP contribution in [0.4, 0.5) is 0 Å². The minimum atomic E-state index is -0.615. The van der Waals surface area contributed by atoms with Crippen molar-refractivity contribution in [2.45, 2.75) is 71.6 Å². The molecule has 3 atom stereocenters. The van der Waals surface area contributed by atoms with Crippen LogP contribution in [0.2, 0.25) is 0 Å². The highest BCUT2D eigenvalue weighted by Gasteiger charge is 2.33. The Labute approximate surface area is 121 Å². The molecule has 0 aromatic rings. The zero-order valence-electron chi connectivity index (χ0n) is 13.2. The Bertz CT molecular complexity index is 342. The molecule has 0 aromatic heterocycles. The maximum atomic E-state index is 12.2. The number of nitrogens with one attached hydrogen (secondary N) is 1. The number of rotatable bonds is 5. The molecule has 0 spiro atoms. The van der Waals surface area contributed by atoms with Crippen LogP contribution in [0.5, 0.6) is 0 Å². The summed E-state index contributed by atoms with van der Waals surface area (Å²) in [5.41, 5.74) is -0.558. The number of carbonyl (C=O) groups is 2. The Morgan fingerprint density at radius 3 is 2.50 bits per heavy atom. The van der Waals surface area contributed by atoms with Crippen molar-refractivity contribution < 1.29 is 19.1 Å². The van der Waals surface area contributed by atoms with Crippen molar-refractivity contribution >= 4 is 11.9 Å². The highest BCUT2D eigenvalue weighted by atomic mass is 16.6. The lowest BCUT2D eigenvalue weighted by Gasteiger charge is -2.28. The van der Waals surface area contributed by atoms with Gasteiger partial charge in [0, 0.05) is 6.61 Å². The van der Waals surface area contributed by atoms with Crippen molar-refractivity contribution in [1.82, 2.24) is 5.32 Å².